The van der Waals surface area contributed by atoms with E-state index in [1.807, 2.05) is 54.6 Å². The van der Waals surface area contributed by atoms with Gasteiger partial charge in [-0.2, -0.15) is 0 Å². The van der Waals surface area contributed by atoms with Crippen LogP contribution in [-0.4, -0.2) is 0 Å². The van der Waals surface area contributed by atoms with Crippen LogP contribution in [0.15, 0.2) is 63.8 Å². The van der Waals surface area contributed by atoms with E-state index in [-0.39, 0.29) is 5.63 Å². The van der Waals surface area contributed by atoms with E-state index in [4.69, 9.17) is 16.0 Å². The molecule has 0 aliphatic heterocycles. The second-order valence-corrected chi connectivity index (χ2v) is 4.84. The quantitative estimate of drug-likeness (QED) is 0.642. The fourth-order valence-electron chi connectivity index (χ4n) is 2.03. The van der Waals surface area contributed by atoms with Crippen LogP contribution in [0.3, 0.4) is 0 Å². The Morgan fingerprint density at radius 3 is 2.50 bits per heavy atom. The lowest BCUT2D eigenvalue weighted by molar-refractivity contribution is 0.560. The zero-order valence-corrected chi connectivity index (χ0v) is 11.3. The summed E-state index contributed by atoms with van der Waals surface area (Å²) in [5.41, 5.74) is 2.11. The molecule has 2 nitrogen and oxygen atoms in total. The highest BCUT2D eigenvalue weighted by molar-refractivity contribution is 6.30. The highest BCUT2D eigenvalue weighted by Crippen LogP contribution is 2.19. The third kappa shape index (κ3) is 2.65. The summed E-state index contributed by atoms with van der Waals surface area (Å²) in [7, 11) is 0. The van der Waals surface area contributed by atoms with E-state index < -0.39 is 0 Å². The van der Waals surface area contributed by atoms with Crippen molar-refractivity contribution < 1.29 is 4.42 Å². The standard InChI is InChI=1S/C17H11ClO2/c18-14-9-6-12(7-10-14)5-8-13-11-17(19)20-16-4-2-1-3-15(13)16/h1-11H/b8-5+. The smallest absolute Gasteiger partial charge is 0.336 e. The third-order valence-corrected chi connectivity index (χ3v) is 3.26. The van der Waals surface area contributed by atoms with Crippen molar-refractivity contribution in [2.45, 2.75) is 0 Å². The largest absolute Gasteiger partial charge is 0.423 e. The normalized spacial score (nSPS) is 11.2. The van der Waals surface area contributed by atoms with Crippen LogP contribution < -0.4 is 5.63 Å². The van der Waals surface area contributed by atoms with Gasteiger partial charge in [0.25, 0.3) is 0 Å². The van der Waals surface area contributed by atoms with Crippen LogP contribution in [-0.2, 0) is 0 Å². The molecule has 0 aliphatic rings. The first-order valence-corrected chi connectivity index (χ1v) is 6.57. The lowest BCUT2D eigenvalue weighted by atomic mass is 10.1. The van der Waals surface area contributed by atoms with Gasteiger partial charge in [0.1, 0.15) is 5.58 Å². The molecule has 0 N–H and O–H groups in total. The number of fused-ring (bicyclic) bond motifs is 1. The van der Waals surface area contributed by atoms with Gasteiger partial charge in [-0.25, -0.2) is 4.79 Å². The highest BCUT2D eigenvalue weighted by atomic mass is 35.5. The SMILES string of the molecule is O=c1cc(/C=C/c2ccc(Cl)cc2)c2ccccc2o1. The topological polar surface area (TPSA) is 30.2 Å². The van der Waals surface area contributed by atoms with Gasteiger partial charge >= 0.3 is 5.63 Å². The van der Waals surface area contributed by atoms with E-state index >= 15 is 0 Å². The van der Waals surface area contributed by atoms with Crippen molar-refractivity contribution in [3.63, 3.8) is 0 Å². The number of hydrogen-bond donors (Lipinski definition) is 0. The monoisotopic (exact) mass is 282 g/mol. The van der Waals surface area contributed by atoms with Crippen molar-refractivity contribution in [3.05, 3.63) is 81.2 Å². The number of benzene rings is 2. The van der Waals surface area contributed by atoms with Gasteiger partial charge in [-0.15, -0.1) is 0 Å². The predicted octanol–water partition coefficient (Wildman–Crippen LogP) is 4.62. The summed E-state index contributed by atoms with van der Waals surface area (Å²) in [4.78, 5) is 11.5. The molecule has 0 saturated heterocycles. The maximum Gasteiger partial charge on any atom is 0.336 e. The molecule has 98 valence electrons. The van der Waals surface area contributed by atoms with Crippen molar-refractivity contribution in [3.8, 4) is 0 Å². The van der Waals surface area contributed by atoms with Crippen LogP contribution >= 0.6 is 11.6 Å². The van der Waals surface area contributed by atoms with E-state index in [1.54, 1.807) is 6.07 Å². The van der Waals surface area contributed by atoms with E-state index in [9.17, 15) is 4.79 Å². The van der Waals surface area contributed by atoms with E-state index in [2.05, 4.69) is 0 Å². The Morgan fingerprint density at radius 1 is 0.950 bits per heavy atom. The average molecular weight is 283 g/mol. The number of rotatable bonds is 2. The van der Waals surface area contributed by atoms with Crippen molar-refractivity contribution in [2.75, 3.05) is 0 Å². The van der Waals surface area contributed by atoms with Gasteiger partial charge in [0, 0.05) is 16.5 Å². The maximum atomic E-state index is 11.5. The molecule has 3 rings (SSSR count). The van der Waals surface area contributed by atoms with Gasteiger partial charge in [0.15, 0.2) is 0 Å². The Balaban J connectivity index is 2.06. The summed E-state index contributed by atoms with van der Waals surface area (Å²) in [5.74, 6) is 0. The van der Waals surface area contributed by atoms with E-state index in [1.165, 1.54) is 6.07 Å². The lowest BCUT2D eigenvalue weighted by Crippen LogP contribution is -1.97. The van der Waals surface area contributed by atoms with Gasteiger partial charge in [-0.3, -0.25) is 0 Å². The molecular formula is C17H11ClO2. The van der Waals surface area contributed by atoms with Crippen molar-refractivity contribution in [1.29, 1.82) is 0 Å². The zero-order valence-electron chi connectivity index (χ0n) is 10.5. The van der Waals surface area contributed by atoms with Crippen LogP contribution in [0.2, 0.25) is 5.02 Å². The Hall–Kier alpha value is -2.32. The lowest BCUT2D eigenvalue weighted by Gasteiger charge is -2.00. The summed E-state index contributed by atoms with van der Waals surface area (Å²) in [6.07, 6.45) is 3.85. The van der Waals surface area contributed by atoms with Crippen LogP contribution in [0.5, 0.6) is 0 Å². The molecule has 0 spiro atoms. The van der Waals surface area contributed by atoms with Crippen LogP contribution in [0.4, 0.5) is 0 Å². The molecule has 0 unspecified atom stereocenters. The van der Waals surface area contributed by atoms with Gasteiger partial charge in [-0.1, -0.05) is 54.1 Å². The summed E-state index contributed by atoms with van der Waals surface area (Å²) in [6, 6.07) is 16.5. The first-order chi connectivity index (χ1) is 9.72. The Labute approximate surface area is 120 Å². The minimum Gasteiger partial charge on any atom is -0.423 e. The predicted molar refractivity (Wildman–Crippen MR) is 82.9 cm³/mol. The molecule has 3 heteroatoms. The van der Waals surface area contributed by atoms with Crippen molar-refractivity contribution in [1.82, 2.24) is 0 Å². The molecule has 0 bridgehead atoms. The fraction of sp³-hybridized carbons (Fsp3) is 0. The summed E-state index contributed by atoms with van der Waals surface area (Å²) < 4.78 is 5.16. The van der Waals surface area contributed by atoms with Gasteiger partial charge < -0.3 is 4.42 Å². The van der Waals surface area contributed by atoms with Crippen LogP contribution in [0.1, 0.15) is 11.1 Å². The molecule has 1 aromatic heterocycles. The second-order valence-electron chi connectivity index (χ2n) is 4.40. The molecule has 1 heterocycles. The molecule has 0 amide bonds. The average Bonchev–Trinajstić information content (AvgIpc) is 2.46. The molecule has 2 aromatic carbocycles. The van der Waals surface area contributed by atoms with Crippen molar-refractivity contribution >= 4 is 34.7 Å². The fourth-order valence-corrected chi connectivity index (χ4v) is 2.16. The molecule has 0 radical (unpaired) electrons. The second kappa shape index (κ2) is 5.35. The summed E-state index contributed by atoms with van der Waals surface area (Å²) >= 11 is 5.85. The maximum absolute atomic E-state index is 11.5. The Kier molecular flexibility index (Phi) is 3.40. The molecule has 0 atom stereocenters. The molecular weight excluding hydrogens is 272 g/mol. The first kappa shape index (κ1) is 12.7. The minimum absolute atomic E-state index is 0.348. The molecule has 0 fully saturated rings. The van der Waals surface area contributed by atoms with Crippen LogP contribution in [0.25, 0.3) is 23.1 Å². The third-order valence-electron chi connectivity index (χ3n) is 3.01. The molecule has 0 saturated carbocycles. The van der Waals surface area contributed by atoms with Gasteiger partial charge in [-0.05, 0) is 29.3 Å². The van der Waals surface area contributed by atoms with E-state index in [0.717, 1.165) is 16.5 Å². The number of para-hydroxylation sites is 1. The molecule has 20 heavy (non-hydrogen) atoms. The number of hydrogen-bond acceptors (Lipinski definition) is 2. The zero-order chi connectivity index (χ0) is 13.9. The van der Waals surface area contributed by atoms with Crippen molar-refractivity contribution in [2.24, 2.45) is 0 Å². The molecule has 0 aliphatic carbocycles. The highest BCUT2D eigenvalue weighted by Gasteiger charge is 2.01. The number of halogens is 1. The van der Waals surface area contributed by atoms with Crippen LogP contribution in [0, 0.1) is 0 Å². The minimum atomic E-state index is -0.348. The van der Waals surface area contributed by atoms with Gasteiger partial charge in [0.05, 0.1) is 0 Å². The Bertz CT molecular complexity index is 829. The first-order valence-electron chi connectivity index (χ1n) is 6.19. The summed E-state index contributed by atoms with van der Waals surface area (Å²) in [6.45, 7) is 0. The Morgan fingerprint density at radius 2 is 1.70 bits per heavy atom. The van der Waals surface area contributed by atoms with Gasteiger partial charge in [0.2, 0.25) is 0 Å². The summed E-state index contributed by atoms with van der Waals surface area (Å²) in [5, 5.41) is 1.62. The molecule has 3 aromatic rings. The van der Waals surface area contributed by atoms with E-state index in [0.29, 0.717) is 10.6 Å².